The molecule has 0 amide bonds. The van der Waals surface area contributed by atoms with E-state index in [2.05, 4.69) is 13.8 Å². The molecule has 0 N–H and O–H groups in total. The molecule has 2 saturated heterocycles. The molecule has 0 bridgehead atoms. The number of rotatable bonds is 5. The van der Waals surface area contributed by atoms with E-state index in [0.29, 0.717) is 0 Å². The molecule has 4 heteroatoms. The molecule has 0 radical (unpaired) electrons. The van der Waals surface area contributed by atoms with Crippen LogP contribution < -0.4 is 0 Å². The van der Waals surface area contributed by atoms with Gasteiger partial charge in [0, 0.05) is 17.7 Å². The Kier molecular flexibility index (Phi) is 8.00. The number of ether oxygens (including phenoxy) is 2. The Bertz CT molecular complexity index is 247. The van der Waals surface area contributed by atoms with Gasteiger partial charge in [0.2, 0.25) is 0 Å². The fraction of sp³-hybridized carbons (Fsp3) is 1.00. The van der Waals surface area contributed by atoms with Crippen LogP contribution in [0.5, 0.6) is 0 Å². The molecule has 0 spiro atoms. The minimum atomic E-state index is -0.201. The topological polar surface area (TPSA) is 18.5 Å². The van der Waals surface area contributed by atoms with Crippen molar-refractivity contribution in [3.63, 3.8) is 0 Å². The minimum Gasteiger partial charge on any atom is -0.388 e. The summed E-state index contributed by atoms with van der Waals surface area (Å²) >= 11 is -0.201. The predicted octanol–water partition coefficient (Wildman–Crippen LogP) is 2.31. The molecule has 0 aliphatic carbocycles. The van der Waals surface area contributed by atoms with Crippen LogP contribution in [0.15, 0.2) is 0 Å². The van der Waals surface area contributed by atoms with Crippen molar-refractivity contribution in [1.82, 2.24) is 0 Å². The molecule has 2 heterocycles. The summed E-state index contributed by atoms with van der Waals surface area (Å²) in [5.74, 6) is 0. The summed E-state index contributed by atoms with van der Waals surface area (Å²) in [6, 6.07) is 0. The first kappa shape index (κ1) is 18.0. The third-order valence-electron chi connectivity index (χ3n) is 4.97. The first-order chi connectivity index (χ1) is 8.72. The smallest absolute Gasteiger partial charge is 0.292 e. The van der Waals surface area contributed by atoms with Crippen LogP contribution in [0, 0.1) is 0 Å². The predicted molar refractivity (Wildman–Crippen MR) is 87.5 cm³/mol. The standard InChI is InChI=1S/C11H19O2.C4H9.2Al.4H/c1-11(7-3-5-9-13-11)10-6-2-4-8-12-10;1-3-4-2;;;;;;/h2-9H2,1H3;1,3-4H2,2H3;;;;;;. The Balaban J connectivity index is 0.00000180. The average molecular weight is 298 g/mol. The summed E-state index contributed by atoms with van der Waals surface area (Å²) in [7, 11) is 0. The Morgan fingerprint density at radius 3 is 2.21 bits per heavy atom. The highest BCUT2D eigenvalue weighted by Crippen LogP contribution is 2.42. The summed E-state index contributed by atoms with van der Waals surface area (Å²) in [6.07, 6.45) is 10.3. The monoisotopic (exact) mass is 298 g/mol. The average Bonchev–Trinajstić information content (AvgIpc) is 2.41. The lowest BCUT2D eigenvalue weighted by molar-refractivity contribution is -0.193. The molecule has 0 aromatic rings. The van der Waals surface area contributed by atoms with Crippen LogP contribution in [0.25, 0.3) is 0 Å². The Morgan fingerprint density at radius 1 is 1.00 bits per heavy atom. The summed E-state index contributed by atoms with van der Waals surface area (Å²) in [6.45, 7) is 6.56. The lowest BCUT2D eigenvalue weighted by atomic mass is 9.85. The maximum absolute atomic E-state index is 6.39. The first-order valence-electron chi connectivity index (χ1n) is 8.00. The fourth-order valence-corrected chi connectivity index (χ4v) is 6.60. The third-order valence-corrected chi connectivity index (χ3v) is 7.94. The van der Waals surface area contributed by atoms with Crippen molar-refractivity contribution < 1.29 is 9.47 Å². The summed E-state index contributed by atoms with van der Waals surface area (Å²) in [5, 5.41) is 1.43. The van der Waals surface area contributed by atoms with Crippen molar-refractivity contribution in [3.8, 4) is 0 Å². The van der Waals surface area contributed by atoms with Crippen molar-refractivity contribution >= 4 is 32.6 Å². The molecule has 2 unspecified atom stereocenters. The maximum atomic E-state index is 6.39. The van der Waals surface area contributed by atoms with Gasteiger partial charge in [0.15, 0.2) is 17.4 Å². The molecular formula is C15H32Al2O2. The van der Waals surface area contributed by atoms with Crippen molar-refractivity contribution in [2.24, 2.45) is 0 Å². The van der Waals surface area contributed by atoms with Crippen molar-refractivity contribution in [2.75, 3.05) is 13.2 Å². The number of hydrogen-bond donors (Lipinski definition) is 0. The van der Waals surface area contributed by atoms with E-state index >= 15 is 0 Å². The van der Waals surface area contributed by atoms with Gasteiger partial charge >= 0.3 is 0 Å². The summed E-state index contributed by atoms with van der Waals surface area (Å²) in [5.41, 5.74) is 0.0334. The molecule has 0 saturated carbocycles. The van der Waals surface area contributed by atoms with Gasteiger partial charge in [0.05, 0.1) is 5.60 Å². The summed E-state index contributed by atoms with van der Waals surface area (Å²) in [4.78, 5) is 0. The van der Waals surface area contributed by atoms with Gasteiger partial charge in [-0.25, -0.2) is 0 Å². The maximum Gasteiger partial charge on any atom is 0.292 e. The second-order valence-corrected chi connectivity index (χ2v) is 8.64. The van der Waals surface area contributed by atoms with E-state index in [-0.39, 0.29) is 42.6 Å². The molecule has 19 heavy (non-hydrogen) atoms. The van der Waals surface area contributed by atoms with Gasteiger partial charge in [0.1, 0.15) is 0 Å². The normalized spacial score (nSPS) is 35.5. The van der Waals surface area contributed by atoms with Crippen LogP contribution in [0.1, 0.15) is 65.2 Å². The van der Waals surface area contributed by atoms with Crippen LogP contribution in [0.3, 0.4) is 0 Å². The Hall–Kier alpha value is 0.985. The second-order valence-electron chi connectivity index (χ2n) is 6.29. The van der Waals surface area contributed by atoms with E-state index in [0.717, 1.165) is 13.2 Å². The van der Waals surface area contributed by atoms with E-state index in [9.17, 15) is 0 Å². The second kappa shape index (κ2) is 8.43. The summed E-state index contributed by atoms with van der Waals surface area (Å²) < 4.78 is 12.8. The molecule has 2 aliphatic heterocycles. The molecule has 0 aromatic heterocycles. The van der Waals surface area contributed by atoms with Gasteiger partial charge in [-0.3, -0.25) is 0 Å². The van der Waals surface area contributed by atoms with E-state index in [1.165, 1.54) is 56.6 Å². The lowest BCUT2D eigenvalue weighted by Gasteiger charge is -2.52. The van der Waals surface area contributed by atoms with E-state index < -0.39 is 0 Å². The quantitative estimate of drug-likeness (QED) is 0.573. The third kappa shape index (κ3) is 4.23. The first-order valence-corrected chi connectivity index (χ1v) is 9.71. The van der Waals surface area contributed by atoms with Gasteiger partial charge in [-0.15, -0.1) is 0 Å². The van der Waals surface area contributed by atoms with Gasteiger partial charge in [-0.1, -0.05) is 25.0 Å². The minimum absolute atomic E-state index is 0. The van der Waals surface area contributed by atoms with Gasteiger partial charge in [-0.2, -0.15) is 0 Å². The highest BCUT2D eigenvalue weighted by molar-refractivity contribution is 6.40. The van der Waals surface area contributed by atoms with Crippen LogP contribution in [0.4, 0.5) is 0 Å². The molecular weight excluding hydrogens is 266 g/mol. The fourth-order valence-electron chi connectivity index (χ4n) is 3.68. The SMILES string of the molecule is CCC[CH2][AlH][C]1(C2(C)CCCCO2)CCCCO1.[AlH3]. The molecule has 2 rings (SSSR count). The van der Waals surface area contributed by atoms with E-state index in [1.54, 1.807) is 0 Å². The number of hydrogen-bond acceptors (Lipinski definition) is 2. The van der Waals surface area contributed by atoms with Crippen molar-refractivity contribution in [1.29, 1.82) is 0 Å². The molecule has 2 atom stereocenters. The highest BCUT2D eigenvalue weighted by Gasteiger charge is 2.51. The largest absolute Gasteiger partial charge is 0.388 e. The van der Waals surface area contributed by atoms with Crippen molar-refractivity contribution in [2.45, 2.75) is 80.6 Å². The van der Waals surface area contributed by atoms with E-state index in [4.69, 9.17) is 9.47 Å². The van der Waals surface area contributed by atoms with E-state index in [1.807, 2.05) is 0 Å². The zero-order valence-corrected chi connectivity index (χ0v) is 13.7. The molecule has 110 valence electrons. The zero-order chi connectivity index (χ0) is 12.9. The lowest BCUT2D eigenvalue weighted by Crippen LogP contribution is -2.61. The molecule has 2 fully saturated rings. The Morgan fingerprint density at radius 2 is 1.68 bits per heavy atom. The zero-order valence-electron chi connectivity index (χ0n) is 12.3. The molecule has 2 nitrogen and oxygen atoms in total. The molecule has 2 aliphatic rings. The van der Waals surface area contributed by atoms with Crippen LogP contribution in [0.2, 0.25) is 5.28 Å². The van der Waals surface area contributed by atoms with Crippen LogP contribution in [-0.2, 0) is 9.47 Å². The van der Waals surface area contributed by atoms with Gasteiger partial charge < -0.3 is 9.47 Å². The van der Waals surface area contributed by atoms with Crippen LogP contribution >= 0.6 is 0 Å². The van der Waals surface area contributed by atoms with Gasteiger partial charge in [0.25, 0.3) is 15.2 Å². The highest BCUT2D eigenvalue weighted by atomic mass is 27.1. The molecule has 0 aromatic carbocycles. The van der Waals surface area contributed by atoms with Crippen molar-refractivity contribution in [3.05, 3.63) is 0 Å². The Labute approximate surface area is 135 Å². The van der Waals surface area contributed by atoms with Crippen LogP contribution in [-0.4, -0.2) is 55.9 Å². The number of unbranched alkanes of at least 4 members (excludes halogenated alkanes) is 1. The van der Waals surface area contributed by atoms with Gasteiger partial charge in [-0.05, 0) is 45.4 Å².